The number of amides is 1. The highest BCUT2D eigenvalue weighted by Gasteiger charge is 2.24. The fourth-order valence-corrected chi connectivity index (χ4v) is 2.72. The van der Waals surface area contributed by atoms with Gasteiger partial charge in [-0.3, -0.25) is 4.79 Å². The third kappa shape index (κ3) is 4.05. The van der Waals surface area contributed by atoms with Crippen LogP contribution in [-0.2, 0) is 4.79 Å². The van der Waals surface area contributed by atoms with Crippen molar-refractivity contribution in [3.63, 3.8) is 0 Å². The summed E-state index contributed by atoms with van der Waals surface area (Å²) in [5.41, 5.74) is 1.69. The second-order valence-electron chi connectivity index (χ2n) is 6.51. The smallest absolute Gasteiger partial charge is 0.224 e. The lowest BCUT2D eigenvalue weighted by molar-refractivity contribution is -0.116. The van der Waals surface area contributed by atoms with E-state index < -0.39 is 0 Å². The highest BCUT2D eigenvalue weighted by Crippen LogP contribution is 2.32. The van der Waals surface area contributed by atoms with Gasteiger partial charge >= 0.3 is 0 Å². The maximum atomic E-state index is 11.9. The molecule has 2 N–H and O–H groups in total. The van der Waals surface area contributed by atoms with E-state index in [-0.39, 0.29) is 5.91 Å². The van der Waals surface area contributed by atoms with Gasteiger partial charge in [-0.15, -0.1) is 0 Å². The van der Waals surface area contributed by atoms with Crippen LogP contribution in [0.2, 0.25) is 0 Å². The van der Waals surface area contributed by atoms with Crippen LogP contribution in [0.5, 0.6) is 0 Å². The molecular formula is C19H20N6O. The highest BCUT2D eigenvalue weighted by molar-refractivity contribution is 5.91. The Morgan fingerprint density at radius 1 is 1.19 bits per heavy atom. The maximum Gasteiger partial charge on any atom is 0.224 e. The Balaban J connectivity index is 1.44. The highest BCUT2D eigenvalue weighted by atomic mass is 16.1. The summed E-state index contributed by atoms with van der Waals surface area (Å²) in [5.74, 6) is 2.72. The molecule has 132 valence electrons. The summed E-state index contributed by atoms with van der Waals surface area (Å²) in [7, 11) is 0. The number of rotatable bonds is 6. The SMILES string of the molecule is Cc1nc(Nc2ccc(NC(=O)CC3CC3)cc2)cc(-n2cccn2)n1. The summed E-state index contributed by atoms with van der Waals surface area (Å²) < 4.78 is 1.69. The third-order valence-corrected chi connectivity index (χ3v) is 4.18. The van der Waals surface area contributed by atoms with Crippen LogP contribution in [0.15, 0.2) is 48.8 Å². The van der Waals surface area contributed by atoms with Gasteiger partial charge in [0, 0.05) is 36.3 Å². The van der Waals surface area contributed by atoms with E-state index in [2.05, 4.69) is 25.7 Å². The first-order valence-corrected chi connectivity index (χ1v) is 8.68. The van der Waals surface area contributed by atoms with E-state index in [1.165, 1.54) is 12.8 Å². The van der Waals surface area contributed by atoms with Crippen molar-refractivity contribution in [3.8, 4) is 5.82 Å². The molecule has 0 aliphatic heterocycles. The number of hydrogen-bond acceptors (Lipinski definition) is 5. The number of nitrogens with zero attached hydrogens (tertiary/aromatic N) is 4. The quantitative estimate of drug-likeness (QED) is 0.713. The van der Waals surface area contributed by atoms with Gasteiger partial charge < -0.3 is 10.6 Å². The lowest BCUT2D eigenvalue weighted by Gasteiger charge is -2.10. The molecule has 1 amide bonds. The van der Waals surface area contributed by atoms with E-state index in [1.807, 2.05) is 49.5 Å². The topological polar surface area (TPSA) is 84.7 Å². The molecule has 7 heteroatoms. The van der Waals surface area contributed by atoms with Crippen molar-refractivity contribution in [2.24, 2.45) is 5.92 Å². The van der Waals surface area contributed by atoms with E-state index in [0.717, 1.165) is 11.4 Å². The number of nitrogens with one attached hydrogen (secondary N) is 2. The van der Waals surface area contributed by atoms with Gasteiger partial charge in [-0.2, -0.15) is 5.10 Å². The van der Waals surface area contributed by atoms with E-state index in [4.69, 9.17) is 0 Å². The maximum absolute atomic E-state index is 11.9. The molecule has 0 saturated heterocycles. The Labute approximate surface area is 151 Å². The lowest BCUT2D eigenvalue weighted by atomic mass is 10.2. The van der Waals surface area contributed by atoms with Crippen LogP contribution in [0.1, 0.15) is 25.1 Å². The van der Waals surface area contributed by atoms with Crippen LogP contribution in [0.4, 0.5) is 17.2 Å². The molecule has 1 aromatic carbocycles. The Morgan fingerprint density at radius 3 is 2.65 bits per heavy atom. The van der Waals surface area contributed by atoms with Gasteiger partial charge in [0.05, 0.1) is 0 Å². The molecule has 2 aromatic heterocycles. The molecule has 2 heterocycles. The minimum atomic E-state index is 0.0866. The van der Waals surface area contributed by atoms with Crippen LogP contribution >= 0.6 is 0 Å². The monoisotopic (exact) mass is 348 g/mol. The Kier molecular flexibility index (Phi) is 4.35. The first kappa shape index (κ1) is 16.3. The van der Waals surface area contributed by atoms with E-state index in [9.17, 15) is 4.79 Å². The van der Waals surface area contributed by atoms with Gasteiger partial charge in [-0.25, -0.2) is 14.6 Å². The molecule has 0 unspecified atom stereocenters. The average Bonchev–Trinajstić information content (AvgIpc) is 3.24. The number of aryl methyl sites for hydroxylation is 1. The predicted molar refractivity (Wildman–Crippen MR) is 99.6 cm³/mol. The van der Waals surface area contributed by atoms with Crippen LogP contribution in [0.3, 0.4) is 0 Å². The Morgan fingerprint density at radius 2 is 1.96 bits per heavy atom. The Hall–Kier alpha value is -3.22. The number of carbonyl (C=O) groups is 1. The van der Waals surface area contributed by atoms with Crippen molar-refractivity contribution in [1.29, 1.82) is 0 Å². The molecule has 3 aromatic rings. The zero-order chi connectivity index (χ0) is 17.9. The number of aromatic nitrogens is 4. The van der Waals surface area contributed by atoms with Gasteiger partial charge in [0.25, 0.3) is 0 Å². The molecule has 1 fully saturated rings. The van der Waals surface area contributed by atoms with E-state index in [1.54, 1.807) is 10.9 Å². The molecule has 1 aliphatic rings. The minimum Gasteiger partial charge on any atom is -0.340 e. The fourth-order valence-electron chi connectivity index (χ4n) is 2.72. The van der Waals surface area contributed by atoms with Crippen molar-refractivity contribution < 1.29 is 4.79 Å². The van der Waals surface area contributed by atoms with Crippen molar-refractivity contribution in [1.82, 2.24) is 19.7 Å². The molecule has 26 heavy (non-hydrogen) atoms. The normalized spacial score (nSPS) is 13.4. The first-order chi connectivity index (χ1) is 12.7. The Bertz CT molecular complexity index is 900. The van der Waals surface area contributed by atoms with E-state index >= 15 is 0 Å². The molecule has 7 nitrogen and oxygen atoms in total. The van der Waals surface area contributed by atoms with Crippen LogP contribution in [0, 0.1) is 12.8 Å². The summed E-state index contributed by atoms with van der Waals surface area (Å²) >= 11 is 0. The van der Waals surface area contributed by atoms with Crippen LogP contribution in [-0.4, -0.2) is 25.7 Å². The standard InChI is InChI=1S/C19H20N6O/c1-13-21-17(12-18(22-13)25-10-2-9-20-25)23-15-5-7-16(8-6-15)24-19(26)11-14-3-4-14/h2,5-10,12,14H,3-4,11H2,1H3,(H,24,26)(H,21,22,23). The van der Waals surface area contributed by atoms with Crippen molar-refractivity contribution in [2.75, 3.05) is 10.6 Å². The van der Waals surface area contributed by atoms with Gasteiger partial charge in [-0.1, -0.05) is 0 Å². The molecule has 0 bridgehead atoms. The van der Waals surface area contributed by atoms with E-state index in [0.29, 0.717) is 29.8 Å². The number of hydrogen-bond donors (Lipinski definition) is 2. The van der Waals surface area contributed by atoms with Crippen molar-refractivity contribution >= 4 is 23.1 Å². The zero-order valence-electron chi connectivity index (χ0n) is 14.5. The summed E-state index contributed by atoms with van der Waals surface area (Å²) in [6, 6.07) is 11.3. The van der Waals surface area contributed by atoms with Crippen LogP contribution < -0.4 is 10.6 Å². The second-order valence-corrected chi connectivity index (χ2v) is 6.51. The number of benzene rings is 1. The number of anilines is 3. The molecule has 1 saturated carbocycles. The summed E-state index contributed by atoms with van der Waals surface area (Å²) in [6.45, 7) is 1.84. The largest absolute Gasteiger partial charge is 0.340 e. The third-order valence-electron chi connectivity index (χ3n) is 4.18. The first-order valence-electron chi connectivity index (χ1n) is 8.68. The van der Waals surface area contributed by atoms with Gasteiger partial charge in [0.1, 0.15) is 11.6 Å². The average molecular weight is 348 g/mol. The molecule has 0 radical (unpaired) electrons. The second kappa shape index (κ2) is 6.95. The molecule has 1 aliphatic carbocycles. The molecule has 0 spiro atoms. The van der Waals surface area contributed by atoms with Gasteiger partial charge in [-0.05, 0) is 56.0 Å². The summed E-state index contributed by atoms with van der Waals surface area (Å²) in [5, 5.41) is 10.4. The summed E-state index contributed by atoms with van der Waals surface area (Å²) in [4.78, 5) is 20.7. The van der Waals surface area contributed by atoms with Crippen LogP contribution in [0.25, 0.3) is 5.82 Å². The molecule has 0 atom stereocenters. The number of carbonyl (C=O) groups excluding carboxylic acids is 1. The zero-order valence-corrected chi connectivity index (χ0v) is 14.5. The van der Waals surface area contributed by atoms with Crippen molar-refractivity contribution in [3.05, 3.63) is 54.6 Å². The van der Waals surface area contributed by atoms with Crippen molar-refractivity contribution in [2.45, 2.75) is 26.2 Å². The summed E-state index contributed by atoms with van der Waals surface area (Å²) in [6.07, 6.45) is 6.52. The minimum absolute atomic E-state index is 0.0866. The predicted octanol–water partition coefficient (Wildman–Crippen LogP) is 3.45. The van der Waals surface area contributed by atoms with Gasteiger partial charge in [0.15, 0.2) is 5.82 Å². The molecule has 4 rings (SSSR count). The lowest BCUT2D eigenvalue weighted by Crippen LogP contribution is -2.11. The fraction of sp³-hybridized carbons (Fsp3) is 0.263. The van der Waals surface area contributed by atoms with Gasteiger partial charge in [0.2, 0.25) is 5.91 Å². The molecular weight excluding hydrogens is 328 g/mol.